The Hall–Kier alpha value is 1.41. The van der Waals surface area contributed by atoms with Crippen molar-refractivity contribution in [2.24, 2.45) is 5.92 Å². The van der Waals surface area contributed by atoms with Crippen LogP contribution < -0.4 is 0 Å². The van der Waals surface area contributed by atoms with Crippen LogP contribution in [0.2, 0.25) is 0 Å². The summed E-state index contributed by atoms with van der Waals surface area (Å²) in [5.41, 5.74) is 0. The molecule has 0 aliphatic heterocycles. The molecule has 0 amide bonds. The molecule has 0 aliphatic rings. The van der Waals surface area contributed by atoms with Crippen molar-refractivity contribution in [2.45, 2.75) is 71.8 Å². The molecule has 0 fully saturated rings. The molecule has 0 aromatic rings. The van der Waals surface area contributed by atoms with E-state index >= 15 is 0 Å². The molecule has 2 nitrogen and oxygen atoms in total. The molecule has 0 aromatic carbocycles. The molecular weight excluding hydrogens is 351 g/mol. The Morgan fingerprint density at radius 1 is 1.06 bits per heavy atom. The van der Waals surface area contributed by atoms with Crippen molar-refractivity contribution in [3.63, 3.8) is 0 Å². The average Bonchev–Trinajstić information content (AvgIpc) is 2.26. The van der Waals surface area contributed by atoms with Crippen molar-refractivity contribution in [1.29, 1.82) is 0 Å². The Morgan fingerprint density at radius 3 is 2.06 bits per heavy atom. The molecule has 0 radical (unpaired) electrons. The van der Waals surface area contributed by atoms with Crippen molar-refractivity contribution in [1.82, 2.24) is 0 Å². The van der Waals surface area contributed by atoms with Gasteiger partial charge < -0.3 is 0 Å². The van der Waals surface area contributed by atoms with E-state index in [1.807, 2.05) is 0 Å². The van der Waals surface area contributed by atoms with Gasteiger partial charge in [0.05, 0.1) is 0 Å². The third-order valence-corrected chi connectivity index (χ3v) is 3.42. The van der Waals surface area contributed by atoms with E-state index in [1.165, 1.54) is 32.1 Å². The maximum absolute atomic E-state index is 10.6. The third kappa shape index (κ3) is 9.44. The molecule has 3 unspecified atom stereocenters. The second-order valence-corrected chi connectivity index (χ2v) is 4.59. The predicted octanol–water partition coefficient (Wildman–Crippen LogP) is 4.72. The molecule has 0 aliphatic carbocycles. The number of unbranched alkanes of at least 4 members (excludes halogenated alkanes) is 2. The van der Waals surface area contributed by atoms with Crippen LogP contribution >= 0.6 is 8.69 Å². The van der Waals surface area contributed by atoms with Gasteiger partial charge in [-0.15, -0.1) is 4.52 Å². The van der Waals surface area contributed by atoms with E-state index in [2.05, 4.69) is 20.8 Å². The van der Waals surface area contributed by atoms with Crippen LogP contribution in [0.4, 0.5) is 0 Å². The summed E-state index contributed by atoms with van der Waals surface area (Å²) in [5.74, 6) is 0.595. The van der Waals surface area contributed by atoms with Crippen molar-refractivity contribution >= 4 is 8.69 Å². The minimum absolute atomic E-state index is 0. The van der Waals surface area contributed by atoms with Crippen molar-refractivity contribution in [2.75, 3.05) is 0 Å². The molecule has 4 heteroatoms. The average molecular weight is 378 g/mol. The first kappa shape index (κ1) is 19.7. The van der Waals surface area contributed by atoms with E-state index in [0.717, 1.165) is 12.8 Å². The number of hydrogen-bond donors (Lipinski definition) is 0. The number of rotatable bonds is 10. The standard InChI is InChI=1S/C12H26O2P.Nd/c1-4-7-9-11(6-3)12(14-15-13)10-8-5-2;/h11-12,15H,4-10H2,1-3H3;/q+1;. The molecule has 0 N–H and O–H groups in total. The van der Waals surface area contributed by atoms with Crippen molar-refractivity contribution in [3.05, 3.63) is 0 Å². The normalized spacial score (nSPS) is 14.4. The Labute approximate surface area is 135 Å². The minimum atomic E-state index is -0.600. The fourth-order valence-corrected chi connectivity index (χ4v) is 2.41. The van der Waals surface area contributed by atoms with E-state index in [9.17, 15) is 4.57 Å². The van der Waals surface area contributed by atoms with E-state index in [1.54, 1.807) is 0 Å². The first-order chi connectivity index (χ1) is 7.29. The first-order valence-corrected chi connectivity index (χ1v) is 7.14. The van der Waals surface area contributed by atoms with Gasteiger partial charge in [-0.1, -0.05) is 52.9 Å². The fourth-order valence-electron chi connectivity index (χ4n) is 1.98. The summed E-state index contributed by atoms with van der Waals surface area (Å²) in [6.07, 6.45) is 8.49. The zero-order valence-electron chi connectivity index (χ0n) is 10.9. The second kappa shape index (κ2) is 14.5. The van der Waals surface area contributed by atoms with Crippen LogP contribution in [0, 0.1) is 46.8 Å². The van der Waals surface area contributed by atoms with Gasteiger partial charge in [0.2, 0.25) is 0 Å². The van der Waals surface area contributed by atoms with Crippen LogP contribution in [0.3, 0.4) is 0 Å². The number of hydrogen-bond acceptors (Lipinski definition) is 2. The van der Waals surface area contributed by atoms with Gasteiger partial charge in [0.1, 0.15) is 6.10 Å². The van der Waals surface area contributed by atoms with Crippen LogP contribution in [0.1, 0.15) is 65.7 Å². The van der Waals surface area contributed by atoms with Crippen molar-refractivity contribution < 1.29 is 49.9 Å². The molecule has 0 bridgehead atoms. The fraction of sp³-hybridized carbons (Fsp3) is 1.00. The molecule has 0 rings (SSSR count). The molecule has 0 saturated heterocycles. The monoisotopic (exact) mass is 375 g/mol. The van der Waals surface area contributed by atoms with Gasteiger partial charge in [0, 0.05) is 40.8 Å². The summed E-state index contributed by atoms with van der Waals surface area (Å²) < 4.78 is 16.0. The Morgan fingerprint density at radius 2 is 1.62 bits per heavy atom. The summed E-state index contributed by atoms with van der Waals surface area (Å²) in [5, 5.41) is 0. The summed E-state index contributed by atoms with van der Waals surface area (Å²) in [6.45, 7) is 6.60. The summed E-state index contributed by atoms with van der Waals surface area (Å²) in [7, 11) is -0.600. The molecule has 0 saturated carbocycles. The Bertz CT molecular complexity index is 156. The third-order valence-electron chi connectivity index (χ3n) is 3.02. The van der Waals surface area contributed by atoms with E-state index in [4.69, 9.17) is 4.52 Å². The predicted molar refractivity (Wildman–Crippen MR) is 66.7 cm³/mol. The largest absolute Gasteiger partial charge is 0.494 e. The zero-order valence-corrected chi connectivity index (χ0v) is 15.1. The SMILES string of the molecule is CCCCC(CC)C(CCCC)O[PH+]=O.[Nd]. The molecule has 0 spiro atoms. The van der Waals surface area contributed by atoms with Gasteiger partial charge in [-0.25, -0.2) is 0 Å². The van der Waals surface area contributed by atoms with Crippen LogP contribution in [0.25, 0.3) is 0 Å². The second-order valence-electron chi connectivity index (χ2n) is 4.19. The van der Waals surface area contributed by atoms with Crippen LogP contribution in [-0.4, -0.2) is 6.10 Å². The van der Waals surface area contributed by atoms with Crippen LogP contribution in [-0.2, 0) is 9.09 Å². The van der Waals surface area contributed by atoms with E-state index < -0.39 is 8.69 Å². The smallest absolute Gasteiger partial charge is 0.144 e. The van der Waals surface area contributed by atoms with Gasteiger partial charge in [-0.05, 0) is 23.3 Å². The van der Waals surface area contributed by atoms with E-state index in [-0.39, 0.29) is 46.9 Å². The van der Waals surface area contributed by atoms with Gasteiger partial charge >= 0.3 is 8.69 Å². The summed E-state index contributed by atoms with van der Waals surface area (Å²) in [4.78, 5) is 0. The Balaban J connectivity index is 0. The zero-order chi connectivity index (χ0) is 11.5. The van der Waals surface area contributed by atoms with Crippen LogP contribution in [0.5, 0.6) is 0 Å². The molecular formula is C12H26NdO2P+. The molecule has 16 heavy (non-hydrogen) atoms. The maximum atomic E-state index is 10.6. The molecule has 0 aromatic heterocycles. The first-order valence-electron chi connectivity index (χ1n) is 6.32. The molecule has 94 valence electrons. The van der Waals surface area contributed by atoms with Crippen molar-refractivity contribution in [3.8, 4) is 0 Å². The van der Waals surface area contributed by atoms with Gasteiger partial charge in [0.25, 0.3) is 0 Å². The maximum Gasteiger partial charge on any atom is 0.494 e. The Kier molecular flexibility index (Phi) is 17.9. The molecule has 0 heterocycles. The van der Waals surface area contributed by atoms with Gasteiger partial charge in [-0.2, -0.15) is 0 Å². The van der Waals surface area contributed by atoms with Gasteiger partial charge in [-0.3, -0.25) is 0 Å². The van der Waals surface area contributed by atoms with E-state index in [0.29, 0.717) is 5.92 Å². The van der Waals surface area contributed by atoms with Crippen LogP contribution in [0.15, 0.2) is 0 Å². The van der Waals surface area contributed by atoms with Gasteiger partial charge in [0.15, 0.2) is 0 Å². The topological polar surface area (TPSA) is 26.3 Å². The molecule has 3 atom stereocenters. The summed E-state index contributed by atoms with van der Waals surface area (Å²) in [6, 6.07) is 0. The minimum Gasteiger partial charge on any atom is -0.144 e. The summed E-state index contributed by atoms with van der Waals surface area (Å²) >= 11 is 0. The quantitative estimate of drug-likeness (QED) is 0.515.